The molecular weight excluding hydrogens is 395 g/mol. The van der Waals surface area contributed by atoms with Gasteiger partial charge in [0.15, 0.2) is 0 Å². The van der Waals surface area contributed by atoms with Gasteiger partial charge in [-0.3, -0.25) is 4.79 Å². The molecule has 2 unspecified atom stereocenters. The molecule has 0 spiro atoms. The van der Waals surface area contributed by atoms with E-state index in [-0.39, 0.29) is 42.7 Å². The van der Waals surface area contributed by atoms with E-state index in [1.807, 2.05) is 47.1 Å². The highest BCUT2D eigenvalue weighted by molar-refractivity contribution is 5.92. The van der Waals surface area contributed by atoms with Gasteiger partial charge in [-0.1, -0.05) is 24.6 Å². The number of nitrogens with two attached hydrogens (primary N) is 1. The Kier molecular flexibility index (Phi) is 7.47. The molecule has 0 aliphatic heterocycles. The van der Waals surface area contributed by atoms with Crippen molar-refractivity contribution in [1.82, 2.24) is 9.38 Å². The fourth-order valence-electron chi connectivity index (χ4n) is 3.73. The molecule has 4 rings (SSSR count). The first-order valence-electron chi connectivity index (χ1n) is 9.21. The van der Waals surface area contributed by atoms with Gasteiger partial charge in [-0.25, -0.2) is 4.98 Å². The van der Waals surface area contributed by atoms with Gasteiger partial charge in [0, 0.05) is 35.6 Å². The van der Waals surface area contributed by atoms with Gasteiger partial charge in [-0.2, -0.15) is 0 Å². The van der Waals surface area contributed by atoms with Crippen LogP contribution in [0.1, 0.15) is 31.2 Å². The molecule has 1 amide bonds. The summed E-state index contributed by atoms with van der Waals surface area (Å²) in [6.07, 6.45) is 7.80. The maximum Gasteiger partial charge on any atom is 0.227 e. The van der Waals surface area contributed by atoms with Gasteiger partial charge in [-0.05, 0) is 49.9 Å². The molecule has 1 aliphatic carbocycles. The zero-order chi connectivity index (χ0) is 18.1. The first-order valence-corrected chi connectivity index (χ1v) is 9.21. The topological polar surface area (TPSA) is 72.4 Å². The van der Waals surface area contributed by atoms with Crippen LogP contribution in [-0.4, -0.2) is 21.3 Å². The predicted molar refractivity (Wildman–Crippen MR) is 118 cm³/mol. The molecule has 1 fully saturated rings. The van der Waals surface area contributed by atoms with Crippen LogP contribution >= 0.6 is 24.8 Å². The number of rotatable bonds is 3. The Morgan fingerprint density at radius 2 is 1.93 bits per heavy atom. The summed E-state index contributed by atoms with van der Waals surface area (Å²) in [5.74, 6) is 0.107. The Bertz CT molecular complexity index is 939. The van der Waals surface area contributed by atoms with Crippen LogP contribution in [0.15, 0.2) is 48.8 Å². The number of anilines is 1. The monoisotopic (exact) mass is 420 g/mol. The second-order valence-corrected chi connectivity index (χ2v) is 7.24. The predicted octanol–water partition coefficient (Wildman–Crippen LogP) is 4.61. The molecule has 7 heteroatoms. The maximum absolute atomic E-state index is 12.4. The quantitative estimate of drug-likeness (QED) is 0.649. The van der Waals surface area contributed by atoms with E-state index in [1.165, 1.54) is 0 Å². The van der Waals surface area contributed by atoms with Gasteiger partial charge < -0.3 is 15.5 Å². The SMILES string of the molecule is Cc1cccn2cc(-c3ccc(NC(=O)C4CCCC(N)C4)cc3)nc12.Cl.Cl. The summed E-state index contributed by atoms with van der Waals surface area (Å²) in [5, 5.41) is 3.03. The van der Waals surface area contributed by atoms with Crippen molar-refractivity contribution in [3.8, 4) is 11.3 Å². The van der Waals surface area contributed by atoms with Gasteiger partial charge in [0.25, 0.3) is 0 Å². The smallest absolute Gasteiger partial charge is 0.227 e. The number of benzene rings is 1. The summed E-state index contributed by atoms with van der Waals surface area (Å²) in [7, 11) is 0. The normalized spacial score (nSPS) is 18.8. The zero-order valence-corrected chi connectivity index (χ0v) is 17.4. The van der Waals surface area contributed by atoms with Crippen LogP contribution in [0.2, 0.25) is 0 Å². The number of nitrogens with zero attached hydrogens (tertiary/aromatic N) is 2. The second-order valence-electron chi connectivity index (χ2n) is 7.24. The molecule has 3 N–H and O–H groups in total. The molecule has 1 saturated carbocycles. The van der Waals surface area contributed by atoms with E-state index < -0.39 is 0 Å². The standard InChI is InChI=1S/C21H24N4O.2ClH/c1-14-4-3-11-25-13-19(24-20(14)25)15-7-9-18(10-8-15)23-21(26)16-5-2-6-17(22)12-16;;/h3-4,7-11,13,16-17H,2,5-6,12,22H2,1H3,(H,23,26);2*1H. The van der Waals surface area contributed by atoms with Crippen LogP contribution in [0.3, 0.4) is 0 Å². The lowest BCUT2D eigenvalue weighted by Gasteiger charge is -2.25. The van der Waals surface area contributed by atoms with Gasteiger partial charge in [0.2, 0.25) is 5.91 Å². The van der Waals surface area contributed by atoms with Crippen LogP contribution < -0.4 is 11.1 Å². The van der Waals surface area contributed by atoms with Crippen LogP contribution in [-0.2, 0) is 4.79 Å². The Hall–Kier alpha value is -2.08. The summed E-state index contributed by atoms with van der Waals surface area (Å²) in [4.78, 5) is 17.2. The Morgan fingerprint density at radius 3 is 2.61 bits per heavy atom. The number of carbonyl (C=O) groups is 1. The summed E-state index contributed by atoms with van der Waals surface area (Å²) in [6.45, 7) is 2.06. The highest BCUT2D eigenvalue weighted by Gasteiger charge is 2.25. The van der Waals surface area contributed by atoms with Gasteiger partial charge in [0.05, 0.1) is 5.69 Å². The molecule has 2 atom stereocenters. The van der Waals surface area contributed by atoms with E-state index in [4.69, 9.17) is 10.7 Å². The van der Waals surface area contributed by atoms with E-state index in [9.17, 15) is 4.79 Å². The number of hydrogen-bond acceptors (Lipinski definition) is 3. The number of halogens is 2. The maximum atomic E-state index is 12.4. The number of nitrogens with one attached hydrogen (secondary N) is 1. The van der Waals surface area contributed by atoms with E-state index >= 15 is 0 Å². The summed E-state index contributed by atoms with van der Waals surface area (Å²) < 4.78 is 2.03. The van der Waals surface area contributed by atoms with Crippen LogP contribution in [0, 0.1) is 12.8 Å². The Morgan fingerprint density at radius 1 is 1.18 bits per heavy atom. The average molecular weight is 421 g/mol. The van der Waals surface area contributed by atoms with E-state index in [1.54, 1.807) is 0 Å². The van der Waals surface area contributed by atoms with Gasteiger partial charge in [0.1, 0.15) is 5.65 Å². The molecule has 5 nitrogen and oxygen atoms in total. The lowest BCUT2D eigenvalue weighted by molar-refractivity contribution is -0.120. The molecule has 28 heavy (non-hydrogen) atoms. The van der Waals surface area contributed by atoms with Gasteiger partial charge >= 0.3 is 0 Å². The zero-order valence-electron chi connectivity index (χ0n) is 15.8. The van der Waals surface area contributed by atoms with Crippen molar-refractivity contribution < 1.29 is 4.79 Å². The molecule has 0 saturated heterocycles. The van der Waals surface area contributed by atoms with Crippen LogP contribution in [0.25, 0.3) is 16.9 Å². The van der Waals surface area contributed by atoms with Crippen molar-refractivity contribution in [3.63, 3.8) is 0 Å². The number of carbonyl (C=O) groups excluding carboxylic acids is 1. The summed E-state index contributed by atoms with van der Waals surface area (Å²) >= 11 is 0. The fourth-order valence-corrected chi connectivity index (χ4v) is 3.73. The second kappa shape index (κ2) is 9.41. The third-order valence-corrected chi connectivity index (χ3v) is 5.21. The molecule has 0 bridgehead atoms. The number of hydrogen-bond donors (Lipinski definition) is 2. The lowest BCUT2D eigenvalue weighted by Crippen LogP contribution is -2.34. The highest BCUT2D eigenvalue weighted by Crippen LogP contribution is 2.26. The third kappa shape index (κ3) is 4.66. The average Bonchev–Trinajstić information content (AvgIpc) is 3.08. The molecule has 2 heterocycles. The number of imidazole rings is 1. The summed E-state index contributed by atoms with van der Waals surface area (Å²) in [6, 6.07) is 12.1. The van der Waals surface area contributed by atoms with E-state index in [2.05, 4.69) is 18.3 Å². The minimum Gasteiger partial charge on any atom is -0.328 e. The minimum atomic E-state index is 0. The fraction of sp³-hybridized carbons (Fsp3) is 0.333. The molecule has 1 aliphatic rings. The van der Waals surface area contributed by atoms with Crippen molar-refractivity contribution in [3.05, 3.63) is 54.4 Å². The molecule has 3 aromatic rings. The molecule has 0 radical (unpaired) electrons. The largest absolute Gasteiger partial charge is 0.328 e. The molecule has 1 aromatic carbocycles. The van der Waals surface area contributed by atoms with Crippen molar-refractivity contribution in [2.75, 3.05) is 5.32 Å². The van der Waals surface area contributed by atoms with Crippen LogP contribution in [0.5, 0.6) is 0 Å². The van der Waals surface area contributed by atoms with E-state index in [0.29, 0.717) is 0 Å². The number of aryl methyl sites for hydroxylation is 1. The number of pyridine rings is 1. The Labute approximate surface area is 177 Å². The summed E-state index contributed by atoms with van der Waals surface area (Å²) in [5.41, 5.74) is 10.9. The third-order valence-electron chi connectivity index (χ3n) is 5.21. The Balaban J connectivity index is 0.00000140. The first-order chi connectivity index (χ1) is 12.6. The van der Waals surface area contributed by atoms with Crippen molar-refractivity contribution in [2.24, 2.45) is 11.7 Å². The van der Waals surface area contributed by atoms with Crippen molar-refractivity contribution in [2.45, 2.75) is 38.6 Å². The first kappa shape index (κ1) is 22.2. The molecule has 150 valence electrons. The molecule has 2 aromatic heterocycles. The van der Waals surface area contributed by atoms with Crippen molar-refractivity contribution in [1.29, 1.82) is 0 Å². The van der Waals surface area contributed by atoms with Gasteiger partial charge in [-0.15, -0.1) is 24.8 Å². The number of amides is 1. The van der Waals surface area contributed by atoms with E-state index in [0.717, 1.165) is 53.8 Å². The number of fused-ring (bicyclic) bond motifs is 1. The minimum absolute atomic E-state index is 0. The van der Waals surface area contributed by atoms with Crippen LogP contribution in [0.4, 0.5) is 5.69 Å². The highest BCUT2D eigenvalue weighted by atomic mass is 35.5. The van der Waals surface area contributed by atoms with Crippen molar-refractivity contribution >= 4 is 42.1 Å². The lowest BCUT2D eigenvalue weighted by atomic mass is 9.85. The number of aromatic nitrogens is 2. The molecular formula is C21H26Cl2N4O.